The Balaban J connectivity index is 1.82. The van der Waals surface area contributed by atoms with Crippen LogP contribution in [0.15, 0.2) is 84.9 Å². The Kier molecular flexibility index (Phi) is 4.19. The van der Waals surface area contributed by atoms with Gasteiger partial charge in [-0.25, -0.2) is 0 Å². The molecule has 0 spiro atoms. The average Bonchev–Trinajstić information content (AvgIpc) is 3.32. The van der Waals surface area contributed by atoms with E-state index in [1.807, 2.05) is 0 Å². The normalized spacial score (nSPS) is 12.3. The molecule has 0 unspecified atom stereocenters. The summed E-state index contributed by atoms with van der Waals surface area (Å²) in [5, 5.41) is 5.36. The van der Waals surface area contributed by atoms with Gasteiger partial charge in [0.2, 0.25) is 0 Å². The topological polar surface area (TPSA) is 9.86 Å². The van der Waals surface area contributed by atoms with Crippen molar-refractivity contribution in [3.05, 3.63) is 84.9 Å². The number of aromatic nitrogens is 2. The van der Waals surface area contributed by atoms with Crippen molar-refractivity contribution in [2.45, 2.75) is 39.8 Å². The lowest BCUT2D eigenvalue weighted by Gasteiger charge is -2.13. The molecule has 0 amide bonds. The van der Waals surface area contributed by atoms with Crippen molar-refractivity contribution in [1.29, 1.82) is 0 Å². The molecular formula is C30H28N2. The van der Waals surface area contributed by atoms with E-state index in [-0.39, 0.29) is 0 Å². The van der Waals surface area contributed by atoms with E-state index in [9.17, 15) is 0 Å². The summed E-state index contributed by atoms with van der Waals surface area (Å²) >= 11 is 0. The quantitative estimate of drug-likeness (QED) is 0.273. The second-order valence-electron chi connectivity index (χ2n) is 9.36. The molecule has 0 aliphatic carbocycles. The molecule has 0 bridgehead atoms. The first-order chi connectivity index (χ1) is 15.6. The van der Waals surface area contributed by atoms with Gasteiger partial charge in [-0.2, -0.15) is 0 Å². The van der Waals surface area contributed by atoms with Gasteiger partial charge in [0.05, 0.1) is 0 Å². The maximum Gasteiger partial charge on any atom is 0.0500 e. The zero-order valence-electron chi connectivity index (χ0n) is 19.1. The first-order valence-corrected chi connectivity index (χ1v) is 11.6. The number of nitrogens with zero attached hydrogens (tertiary/aromatic N) is 2. The minimum absolute atomic E-state index is 0.395. The van der Waals surface area contributed by atoms with E-state index in [1.165, 1.54) is 54.7 Å². The molecular weight excluding hydrogens is 388 g/mol. The van der Waals surface area contributed by atoms with E-state index < -0.39 is 0 Å². The van der Waals surface area contributed by atoms with Crippen molar-refractivity contribution < 1.29 is 0 Å². The minimum Gasteiger partial charge on any atom is -0.338 e. The smallest absolute Gasteiger partial charge is 0.0500 e. The lowest BCUT2D eigenvalue weighted by molar-refractivity contribution is 0.642. The summed E-state index contributed by atoms with van der Waals surface area (Å²) in [4.78, 5) is 0. The van der Waals surface area contributed by atoms with Crippen LogP contribution in [0.3, 0.4) is 0 Å². The SMILES string of the molecule is CC(C)n1c2ccccc2c2c(-c3cccc4c3c3ccccc3n4C(C)C)cccc21. The highest BCUT2D eigenvalue weighted by Crippen LogP contribution is 2.43. The van der Waals surface area contributed by atoms with Gasteiger partial charge in [0, 0.05) is 55.7 Å². The zero-order valence-corrected chi connectivity index (χ0v) is 19.1. The number of para-hydroxylation sites is 2. The van der Waals surface area contributed by atoms with Gasteiger partial charge in [0.15, 0.2) is 0 Å². The predicted molar refractivity (Wildman–Crippen MR) is 139 cm³/mol. The summed E-state index contributed by atoms with van der Waals surface area (Å²) in [7, 11) is 0. The molecule has 32 heavy (non-hydrogen) atoms. The molecule has 2 heteroatoms. The van der Waals surface area contributed by atoms with Crippen LogP contribution in [0.1, 0.15) is 39.8 Å². The predicted octanol–water partition coefficient (Wildman–Crippen LogP) is 8.73. The van der Waals surface area contributed by atoms with Crippen LogP contribution in [-0.4, -0.2) is 9.13 Å². The third-order valence-electron chi connectivity index (χ3n) is 6.79. The van der Waals surface area contributed by atoms with Crippen molar-refractivity contribution in [1.82, 2.24) is 9.13 Å². The summed E-state index contributed by atoms with van der Waals surface area (Å²) in [5.41, 5.74) is 7.86. The summed E-state index contributed by atoms with van der Waals surface area (Å²) < 4.78 is 4.96. The summed E-state index contributed by atoms with van der Waals surface area (Å²) in [6.07, 6.45) is 0. The maximum absolute atomic E-state index is 2.48. The lowest BCUT2D eigenvalue weighted by atomic mass is 9.95. The molecule has 0 atom stereocenters. The van der Waals surface area contributed by atoms with Gasteiger partial charge in [0.1, 0.15) is 0 Å². The third-order valence-corrected chi connectivity index (χ3v) is 6.79. The summed E-state index contributed by atoms with van der Waals surface area (Å²) in [6.45, 7) is 9.09. The molecule has 2 aromatic heterocycles. The monoisotopic (exact) mass is 416 g/mol. The molecule has 0 fully saturated rings. The molecule has 0 aliphatic rings. The summed E-state index contributed by atoms with van der Waals surface area (Å²) in [6, 6.07) is 32.1. The zero-order chi connectivity index (χ0) is 22.0. The van der Waals surface area contributed by atoms with E-state index in [1.54, 1.807) is 0 Å². The van der Waals surface area contributed by atoms with E-state index in [4.69, 9.17) is 0 Å². The van der Waals surface area contributed by atoms with Crippen LogP contribution in [-0.2, 0) is 0 Å². The number of fused-ring (bicyclic) bond motifs is 6. The first-order valence-electron chi connectivity index (χ1n) is 11.6. The second-order valence-corrected chi connectivity index (χ2v) is 9.36. The van der Waals surface area contributed by atoms with Crippen LogP contribution in [0.25, 0.3) is 54.7 Å². The fourth-order valence-electron chi connectivity index (χ4n) is 5.66. The maximum atomic E-state index is 2.48. The Morgan fingerprint density at radius 3 is 1.22 bits per heavy atom. The van der Waals surface area contributed by atoms with Crippen LogP contribution in [0.5, 0.6) is 0 Å². The third kappa shape index (κ3) is 2.53. The van der Waals surface area contributed by atoms with Crippen molar-refractivity contribution in [2.75, 3.05) is 0 Å². The fraction of sp³-hybridized carbons (Fsp3) is 0.200. The van der Waals surface area contributed by atoms with Crippen LogP contribution >= 0.6 is 0 Å². The van der Waals surface area contributed by atoms with E-state index in [0.29, 0.717) is 12.1 Å². The first kappa shape index (κ1) is 19.2. The molecule has 0 saturated heterocycles. The van der Waals surface area contributed by atoms with Gasteiger partial charge in [-0.1, -0.05) is 60.7 Å². The highest BCUT2D eigenvalue weighted by atomic mass is 15.0. The molecule has 0 aliphatic heterocycles. The highest BCUT2D eigenvalue weighted by molar-refractivity contribution is 6.21. The highest BCUT2D eigenvalue weighted by Gasteiger charge is 2.20. The molecule has 0 radical (unpaired) electrons. The molecule has 2 nitrogen and oxygen atoms in total. The molecule has 158 valence electrons. The van der Waals surface area contributed by atoms with Crippen molar-refractivity contribution in [2.24, 2.45) is 0 Å². The number of benzene rings is 4. The molecule has 0 N–H and O–H groups in total. The number of rotatable bonds is 3. The van der Waals surface area contributed by atoms with Crippen molar-refractivity contribution in [3.63, 3.8) is 0 Å². The Hall–Kier alpha value is -3.52. The second kappa shape index (κ2) is 7.00. The Bertz CT molecular complexity index is 1500. The number of hydrogen-bond donors (Lipinski definition) is 0. The summed E-state index contributed by atoms with van der Waals surface area (Å²) in [5.74, 6) is 0. The lowest BCUT2D eigenvalue weighted by Crippen LogP contribution is -2.00. The minimum atomic E-state index is 0.395. The fourth-order valence-corrected chi connectivity index (χ4v) is 5.66. The van der Waals surface area contributed by atoms with E-state index >= 15 is 0 Å². The Morgan fingerprint density at radius 2 is 0.812 bits per heavy atom. The van der Waals surface area contributed by atoms with Gasteiger partial charge >= 0.3 is 0 Å². The van der Waals surface area contributed by atoms with Gasteiger partial charge in [-0.15, -0.1) is 0 Å². The molecule has 6 aromatic rings. The molecule has 6 rings (SSSR count). The van der Waals surface area contributed by atoms with Crippen LogP contribution in [0.2, 0.25) is 0 Å². The van der Waals surface area contributed by atoms with Gasteiger partial charge < -0.3 is 9.13 Å². The van der Waals surface area contributed by atoms with Gasteiger partial charge in [-0.05, 0) is 63.1 Å². The largest absolute Gasteiger partial charge is 0.338 e. The van der Waals surface area contributed by atoms with E-state index in [2.05, 4.69) is 122 Å². The van der Waals surface area contributed by atoms with Gasteiger partial charge in [0.25, 0.3) is 0 Å². The van der Waals surface area contributed by atoms with Crippen LogP contribution < -0.4 is 0 Å². The van der Waals surface area contributed by atoms with Crippen molar-refractivity contribution in [3.8, 4) is 11.1 Å². The molecule has 0 saturated carbocycles. The average molecular weight is 417 g/mol. The standard InChI is InChI=1S/C30H28N2/c1-19(2)31-25-15-7-5-11-23(25)29-21(13-9-17-27(29)31)22-14-10-18-28-30(22)24-12-6-8-16-26(24)32(28)20(3)4/h5-20H,1-4H3. The number of hydrogen-bond acceptors (Lipinski definition) is 0. The molecule has 2 heterocycles. The Morgan fingerprint density at radius 1 is 0.438 bits per heavy atom. The van der Waals surface area contributed by atoms with E-state index in [0.717, 1.165) is 0 Å². The molecule has 4 aromatic carbocycles. The van der Waals surface area contributed by atoms with Gasteiger partial charge in [-0.3, -0.25) is 0 Å². The van der Waals surface area contributed by atoms with Crippen molar-refractivity contribution >= 4 is 43.6 Å². The Labute approximate surface area is 188 Å². The van der Waals surface area contributed by atoms with Crippen LogP contribution in [0, 0.1) is 0 Å². The van der Waals surface area contributed by atoms with Crippen LogP contribution in [0.4, 0.5) is 0 Å².